The SMILES string of the molecule is CCOC(=O)c1ccccc1N/C=C(/C#N)C(=O)N1CCC(C(=O)O)CC1. The number of nitrogens with zero attached hydrogens (tertiary/aromatic N) is 2. The Morgan fingerprint density at radius 3 is 2.59 bits per heavy atom. The molecule has 1 amide bonds. The molecule has 8 nitrogen and oxygen atoms in total. The maximum atomic E-state index is 12.5. The van der Waals surface area contributed by atoms with E-state index >= 15 is 0 Å². The maximum absolute atomic E-state index is 12.5. The minimum Gasteiger partial charge on any atom is -0.481 e. The number of likely N-dealkylation sites (tertiary alicyclic amines) is 1. The molecular weight excluding hydrogens is 350 g/mol. The zero-order valence-corrected chi connectivity index (χ0v) is 15.0. The predicted octanol–water partition coefficient (Wildman–Crippen LogP) is 2.01. The zero-order valence-electron chi connectivity index (χ0n) is 15.0. The number of benzene rings is 1. The van der Waals surface area contributed by atoms with Crippen LogP contribution in [0.1, 0.15) is 30.1 Å². The van der Waals surface area contributed by atoms with E-state index in [0.717, 1.165) is 0 Å². The second-order valence-electron chi connectivity index (χ2n) is 5.98. The van der Waals surface area contributed by atoms with Crippen LogP contribution in [0.2, 0.25) is 0 Å². The number of carboxylic acid groups (broad SMARTS) is 1. The van der Waals surface area contributed by atoms with Gasteiger partial charge in [-0.15, -0.1) is 0 Å². The molecule has 1 heterocycles. The van der Waals surface area contributed by atoms with E-state index in [-0.39, 0.29) is 25.3 Å². The lowest BCUT2D eigenvalue weighted by Gasteiger charge is -2.29. The van der Waals surface area contributed by atoms with Crippen molar-refractivity contribution < 1.29 is 24.2 Å². The number of para-hydroxylation sites is 1. The quantitative estimate of drug-likeness (QED) is 0.446. The molecule has 1 fully saturated rings. The molecule has 1 aromatic rings. The Morgan fingerprint density at radius 1 is 1.33 bits per heavy atom. The highest BCUT2D eigenvalue weighted by Gasteiger charge is 2.28. The van der Waals surface area contributed by atoms with E-state index in [4.69, 9.17) is 9.84 Å². The number of aliphatic carboxylic acids is 1. The summed E-state index contributed by atoms with van der Waals surface area (Å²) in [6, 6.07) is 8.47. The minimum atomic E-state index is -0.865. The Bertz CT molecular complexity index is 789. The molecule has 1 aliphatic rings. The monoisotopic (exact) mass is 371 g/mol. The number of anilines is 1. The third kappa shape index (κ3) is 5.07. The summed E-state index contributed by atoms with van der Waals surface area (Å²) in [5.74, 6) is -2.30. The first-order valence-corrected chi connectivity index (χ1v) is 8.63. The first-order chi connectivity index (χ1) is 13.0. The second kappa shape index (κ2) is 9.38. The van der Waals surface area contributed by atoms with Crippen LogP contribution in [-0.2, 0) is 14.3 Å². The van der Waals surface area contributed by atoms with Gasteiger partial charge in [0.25, 0.3) is 5.91 Å². The van der Waals surface area contributed by atoms with Crippen LogP contribution in [0, 0.1) is 17.2 Å². The lowest BCUT2D eigenvalue weighted by Crippen LogP contribution is -2.40. The molecule has 1 aliphatic heterocycles. The average molecular weight is 371 g/mol. The fourth-order valence-corrected chi connectivity index (χ4v) is 2.79. The number of rotatable bonds is 6. The van der Waals surface area contributed by atoms with E-state index < -0.39 is 23.8 Å². The number of hydrogen-bond donors (Lipinski definition) is 2. The highest BCUT2D eigenvalue weighted by Crippen LogP contribution is 2.20. The van der Waals surface area contributed by atoms with Gasteiger partial charge in [0.05, 0.1) is 23.8 Å². The largest absolute Gasteiger partial charge is 0.481 e. The van der Waals surface area contributed by atoms with Crippen molar-refractivity contribution in [2.75, 3.05) is 25.0 Å². The van der Waals surface area contributed by atoms with E-state index in [1.807, 2.05) is 6.07 Å². The lowest BCUT2D eigenvalue weighted by molar-refractivity contribution is -0.145. The third-order valence-corrected chi connectivity index (χ3v) is 4.28. The van der Waals surface area contributed by atoms with Gasteiger partial charge in [-0.25, -0.2) is 4.79 Å². The zero-order chi connectivity index (χ0) is 19.8. The molecule has 27 heavy (non-hydrogen) atoms. The normalized spacial score (nSPS) is 15.0. The van der Waals surface area contributed by atoms with Crippen LogP contribution in [0.3, 0.4) is 0 Å². The van der Waals surface area contributed by atoms with Gasteiger partial charge in [0.15, 0.2) is 0 Å². The van der Waals surface area contributed by atoms with Gasteiger partial charge in [-0.2, -0.15) is 5.26 Å². The minimum absolute atomic E-state index is 0.123. The number of ether oxygens (including phenoxy) is 1. The summed E-state index contributed by atoms with van der Waals surface area (Å²) in [4.78, 5) is 36.9. The van der Waals surface area contributed by atoms with Gasteiger partial charge in [-0.1, -0.05) is 12.1 Å². The fraction of sp³-hybridized carbons (Fsp3) is 0.368. The summed E-state index contributed by atoms with van der Waals surface area (Å²) >= 11 is 0. The molecule has 1 aromatic carbocycles. The molecule has 0 radical (unpaired) electrons. The van der Waals surface area contributed by atoms with Gasteiger partial charge in [-0.3, -0.25) is 9.59 Å². The molecule has 2 N–H and O–H groups in total. The second-order valence-corrected chi connectivity index (χ2v) is 5.98. The van der Waals surface area contributed by atoms with Crippen LogP contribution in [0.15, 0.2) is 36.0 Å². The van der Waals surface area contributed by atoms with Gasteiger partial charge >= 0.3 is 11.9 Å². The number of carbonyl (C=O) groups is 3. The number of esters is 1. The highest BCUT2D eigenvalue weighted by atomic mass is 16.5. The number of nitrogens with one attached hydrogen (secondary N) is 1. The number of carbonyl (C=O) groups excluding carboxylic acids is 2. The van der Waals surface area contributed by atoms with Gasteiger partial charge < -0.3 is 20.1 Å². The first-order valence-electron chi connectivity index (χ1n) is 8.63. The standard InChI is InChI=1S/C19H21N3O5/c1-2-27-19(26)15-5-3-4-6-16(15)21-12-14(11-20)17(23)22-9-7-13(8-10-22)18(24)25/h3-6,12-13,21H,2,7-10H2,1H3,(H,24,25)/b14-12-. The molecule has 0 unspecified atom stereocenters. The van der Waals surface area contributed by atoms with Crippen molar-refractivity contribution in [3.8, 4) is 6.07 Å². The van der Waals surface area contributed by atoms with Crippen molar-refractivity contribution in [1.82, 2.24) is 4.90 Å². The van der Waals surface area contributed by atoms with E-state index in [2.05, 4.69) is 5.32 Å². The summed E-state index contributed by atoms with van der Waals surface area (Å²) < 4.78 is 4.99. The smallest absolute Gasteiger partial charge is 0.340 e. The number of amides is 1. The predicted molar refractivity (Wildman–Crippen MR) is 96.7 cm³/mol. The van der Waals surface area contributed by atoms with Gasteiger partial charge in [0.1, 0.15) is 11.6 Å². The molecule has 0 saturated carbocycles. The molecule has 1 saturated heterocycles. The third-order valence-electron chi connectivity index (χ3n) is 4.28. The van der Waals surface area contributed by atoms with Crippen molar-refractivity contribution >= 4 is 23.5 Å². The van der Waals surface area contributed by atoms with Gasteiger partial charge in [0, 0.05) is 19.3 Å². The Morgan fingerprint density at radius 2 is 2.00 bits per heavy atom. The van der Waals surface area contributed by atoms with Gasteiger partial charge in [-0.05, 0) is 31.9 Å². The number of hydrogen-bond acceptors (Lipinski definition) is 6. The van der Waals surface area contributed by atoms with Crippen molar-refractivity contribution in [2.24, 2.45) is 5.92 Å². The van der Waals surface area contributed by atoms with Crippen LogP contribution in [0.25, 0.3) is 0 Å². The maximum Gasteiger partial charge on any atom is 0.340 e. The van der Waals surface area contributed by atoms with Crippen LogP contribution in [-0.4, -0.2) is 47.5 Å². The fourth-order valence-electron chi connectivity index (χ4n) is 2.79. The summed E-state index contributed by atoms with van der Waals surface area (Å²) in [5.41, 5.74) is 0.589. The highest BCUT2D eigenvalue weighted by molar-refractivity contribution is 5.99. The molecule has 0 aliphatic carbocycles. The molecule has 2 rings (SSSR count). The molecule has 0 aromatic heterocycles. The van der Waals surface area contributed by atoms with Crippen LogP contribution in [0.5, 0.6) is 0 Å². The Kier molecular flexibility index (Phi) is 6.94. The van der Waals surface area contributed by atoms with Gasteiger partial charge in [0.2, 0.25) is 0 Å². The van der Waals surface area contributed by atoms with Crippen molar-refractivity contribution in [3.05, 3.63) is 41.6 Å². The Hall–Kier alpha value is -3.34. The summed E-state index contributed by atoms with van der Waals surface area (Å²) in [6.45, 7) is 2.51. The van der Waals surface area contributed by atoms with E-state index in [0.29, 0.717) is 24.1 Å². The molecule has 0 spiro atoms. The van der Waals surface area contributed by atoms with Crippen molar-refractivity contribution in [3.63, 3.8) is 0 Å². The van der Waals surface area contributed by atoms with Crippen LogP contribution in [0.4, 0.5) is 5.69 Å². The topological polar surface area (TPSA) is 120 Å². The Labute approximate surface area is 157 Å². The number of piperidine rings is 1. The van der Waals surface area contributed by atoms with Crippen molar-refractivity contribution in [1.29, 1.82) is 5.26 Å². The van der Waals surface area contributed by atoms with E-state index in [9.17, 15) is 19.6 Å². The van der Waals surface area contributed by atoms with Crippen LogP contribution < -0.4 is 5.32 Å². The number of carboxylic acids is 1. The van der Waals surface area contributed by atoms with E-state index in [1.165, 1.54) is 11.1 Å². The summed E-state index contributed by atoms with van der Waals surface area (Å²) in [6.07, 6.45) is 1.97. The summed E-state index contributed by atoms with van der Waals surface area (Å²) in [5, 5.41) is 21.2. The molecule has 0 atom stereocenters. The molecule has 142 valence electrons. The average Bonchev–Trinajstić information content (AvgIpc) is 2.68. The van der Waals surface area contributed by atoms with E-state index in [1.54, 1.807) is 31.2 Å². The molecule has 0 bridgehead atoms. The first kappa shape index (κ1) is 20.0. The lowest BCUT2D eigenvalue weighted by atomic mass is 9.97. The Balaban J connectivity index is 2.09. The number of nitriles is 1. The molecular formula is C19H21N3O5. The molecule has 8 heteroatoms. The van der Waals surface area contributed by atoms with Crippen LogP contribution >= 0.6 is 0 Å². The van der Waals surface area contributed by atoms with Crippen molar-refractivity contribution in [2.45, 2.75) is 19.8 Å². The summed E-state index contributed by atoms with van der Waals surface area (Å²) in [7, 11) is 0.